The second-order valence-corrected chi connectivity index (χ2v) is 6.26. The predicted molar refractivity (Wildman–Crippen MR) is 55.2 cm³/mol. The molecule has 72 valence electrons. The van der Waals surface area contributed by atoms with Gasteiger partial charge in [0.25, 0.3) is 0 Å². The Kier molecular flexibility index (Phi) is 1.55. The zero-order valence-corrected chi connectivity index (χ0v) is 8.97. The minimum Gasteiger partial charge on any atom is -0.0472 e. The summed E-state index contributed by atoms with van der Waals surface area (Å²) in [5.41, 5.74) is 0.652. The number of rotatable bonds is 0. The highest BCUT2D eigenvalue weighted by Gasteiger charge is 2.54. The molecular weight excluding hydrogens is 156 g/mol. The van der Waals surface area contributed by atoms with Crippen LogP contribution in [0.1, 0.15) is 52.4 Å². The zero-order chi connectivity index (χ0) is 9.05. The number of hydrogen-bond donors (Lipinski definition) is 0. The second-order valence-electron chi connectivity index (χ2n) is 6.26. The van der Waals surface area contributed by atoms with E-state index in [0.29, 0.717) is 5.41 Å². The summed E-state index contributed by atoms with van der Waals surface area (Å²) in [6, 6.07) is 0. The summed E-state index contributed by atoms with van der Waals surface area (Å²) in [4.78, 5) is 0. The summed E-state index contributed by atoms with van der Waals surface area (Å²) in [5.74, 6) is 5.11. The van der Waals surface area contributed by atoms with E-state index >= 15 is 0 Å². The zero-order valence-electron chi connectivity index (χ0n) is 8.97. The third-order valence-electron chi connectivity index (χ3n) is 5.10. The Morgan fingerprint density at radius 2 is 1.54 bits per heavy atom. The fourth-order valence-electron chi connectivity index (χ4n) is 4.59. The van der Waals surface area contributed by atoms with Crippen LogP contribution in [0.3, 0.4) is 0 Å². The lowest BCUT2D eigenvalue weighted by Gasteiger charge is -2.40. The fourth-order valence-corrected chi connectivity index (χ4v) is 4.59. The summed E-state index contributed by atoms with van der Waals surface area (Å²) >= 11 is 0. The predicted octanol–water partition coefficient (Wildman–Crippen LogP) is 3.82. The van der Waals surface area contributed by atoms with Gasteiger partial charge in [-0.2, -0.15) is 0 Å². The van der Waals surface area contributed by atoms with E-state index in [-0.39, 0.29) is 0 Å². The van der Waals surface area contributed by atoms with E-state index in [1.54, 1.807) is 19.3 Å². The molecule has 13 heavy (non-hydrogen) atoms. The van der Waals surface area contributed by atoms with Crippen molar-refractivity contribution in [1.82, 2.24) is 0 Å². The van der Waals surface area contributed by atoms with Crippen LogP contribution in [0.2, 0.25) is 0 Å². The molecule has 0 N–H and O–H groups in total. The molecule has 4 aliphatic carbocycles. The molecule has 0 spiro atoms. The molecule has 4 fully saturated rings. The molecule has 0 aromatic heterocycles. The van der Waals surface area contributed by atoms with Crippen LogP contribution in [0, 0.1) is 29.1 Å². The average molecular weight is 177 g/mol. The van der Waals surface area contributed by atoms with Crippen molar-refractivity contribution in [3.63, 3.8) is 0 Å². The Morgan fingerprint density at radius 3 is 2.15 bits per heavy atom. The maximum Gasteiger partial charge on any atom is 0.108 e. The first-order valence-corrected chi connectivity index (χ1v) is 5.98. The largest absolute Gasteiger partial charge is 0.108 e. The smallest absolute Gasteiger partial charge is 0.0472 e. The molecule has 0 aromatic carbocycles. The van der Waals surface area contributed by atoms with Crippen molar-refractivity contribution in [3.05, 3.63) is 5.92 Å². The van der Waals surface area contributed by atoms with E-state index in [4.69, 9.17) is 0 Å². The maximum atomic E-state index is 2.54. The van der Waals surface area contributed by atoms with Gasteiger partial charge in [-0.05, 0) is 56.8 Å². The Balaban J connectivity index is 1.97. The molecule has 4 bridgehead atoms. The fraction of sp³-hybridized carbons (Fsp3) is 0.923. The maximum absolute atomic E-state index is 2.54. The van der Waals surface area contributed by atoms with E-state index in [2.05, 4.69) is 13.8 Å². The Bertz CT molecular complexity index is 204. The molecule has 2 unspecified atom stereocenters. The van der Waals surface area contributed by atoms with E-state index in [1.165, 1.54) is 19.3 Å². The Labute approximate surface area is 82.1 Å². The molecule has 0 heteroatoms. The van der Waals surface area contributed by atoms with Gasteiger partial charge in [0, 0.05) is 0 Å². The lowest BCUT2D eigenvalue weighted by molar-refractivity contribution is 0.0867. The van der Waals surface area contributed by atoms with Gasteiger partial charge in [-0.25, -0.2) is 0 Å². The SMILES string of the molecule is C[C+]1CC2C[C@@H]3C[C@H](C2)CC1(C)C3. The van der Waals surface area contributed by atoms with Gasteiger partial charge in [-0.3, -0.25) is 0 Å². The van der Waals surface area contributed by atoms with E-state index < -0.39 is 0 Å². The molecule has 4 rings (SSSR count). The molecule has 0 nitrogen and oxygen atoms in total. The molecule has 0 aliphatic heterocycles. The topological polar surface area (TPSA) is 0 Å². The van der Waals surface area contributed by atoms with Gasteiger partial charge in [0.15, 0.2) is 0 Å². The summed E-state index contributed by atoms with van der Waals surface area (Å²) in [6.45, 7) is 4.97. The first-order valence-electron chi connectivity index (χ1n) is 5.98. The van der Waals surface area contributed by atoms with E-state index in [9.17, 15) is 0 Å². The highest BCUT2D eigenvalue weighted by atomic mass is 14.5. The van der Waals surface area contributed by atoms with Gasteiger partial charge in [-0.15, -0.1) is 0 Å². The van der Waals surface area contributed by atoms with Gasteiger partial charge in [-0.1, -0.05) is 0 Å². The third-order valence-corrected chi connectivity index (χ3v) is 5.10. The number of fused-ring (bicyclic) bond motifs is 1. The average Bonchev–Trinajstić information content (AvgIpc) is 2.12. The van der Waals surface area contributed by atoms with Gasteiger partial charge < -0.3 is 0 Å². The molecular formula is C13H21+. The lowest BCUT2D eigenvalue weighted by atomic mass is 9.60. The minimum absolute atomic E-state index is 0.652. The monoisotopic (exact) mass is 177 g/mol. The van der Waals surface area contributed by atoms with Gasteiger partial charge in [0.1, 0.15) is 5.41 Å². The highest BCUT2D eigenvalue weighted by Crippen LogP contribution is 2.59. The van der Waals surface area contributed by atoms with Crippen LogP contribution in [-0.4, -0.2) is 0 Å². The van der Waals surface area contributed by atoms with Crippen LogP contribution in [-0.2, 0) is 0 Å². The Hall–Kier alpha value is -0.130. The van der Waals surface area contributed by atoms with Crippen LogP contribution in [0.25, 0.3) is 0 Å². The number of hydrogen-bond acceptors (Lipinski definition) is 0. The van der Waals surface area contributed by atoms with Crippen LogP contribution in [0.15, 0.2) is 0 Å². The molecule has 0 amide bonds. The Morgan fingerprint density at radius 1 is 1.00 bits per heavy atom. The van der Waals surface area contributed by atoms with Gasteiger partial charge >= 0.3 is 0 Å². The van der Waals surface area contributed by atoms with Crippen LogP contribution < -0.4 is 0 Å². The van der Waals surface area contributed by atoms with Crippen LogP contribution >= 0.6 is 0 Å². The van der Waals surface area contributed by atoms with Crippen LogP contribution in [0.5, 0.6) is 0 Å². The quantitative estimate of drug-likeness (QED) is 0.493. The molecule has 4 saturated carbocycles. The van der Waals surface area contributed by atoms with Crippen molar-refractivity contribution in [2.45, 2.75) is 52.4 Å². The van der Waals surface area contributed by atoms with Gasteiger partial charge in [0.05, 0.1) is 19.3 Å². The first kappa shape index (κ1) is 8.20. The van der Waals surface area contributed by atoms with Crippen molar-refractivity contribution >= 4 is 0 Å². The van der Waals surface area contributed by atoms with E-state index in [0.717, 1.165) is 17.8 Å². The highest BCUT2D eigenvalue weighted by molar-refractivity contribution is 5.11. The standard InChI is InChI=1S/C13H21/c1-9-3-10-4-11-6-12(5-10)8-13(9,2)7-11/h10-12H,3-8H2,1-2H3/q+1/t10?,11-,12+,13?. The molecule has 4 atom stereocenters. The second kappa shape index (κ2) is 2.46. The van der Waals surface area contributed by atoms with Crippen molar-refractivity contribution < 1.29 is 0 Å². The minimum atomic E-state index is 0.652. The molecule has 0 saturated heterocycles. The molecule has 0 aromatic rings. The van der Waals surface area contributed by atoms with Gasteiger partial charge in [0.2, 0.25) is 0 Å². The van der Waals surface area contributed by atoms with E-state index in [1.807, 2.05) is 5.92 Å². The normalized spacial score (nSPS) is 54.0. The molecule has 4 aliphatic rings. The summed E-state index contributed by atoms with van der Waals surface area (Å²) in [6.07, 6.45) is 9.19. The van der Waals surface area contributed by atoms with Crippen LogP contribution in [0.4, 0.5) is 0 Å². The molecule has 0 heterocycles. The summed E-state index contributed by atoms with van der Waals surface area (Å²) < 4.78 is 0. The third kappa shape index (κ3) is 1.14. The summed E-state index contributed by atoms with van der Waals surface area (Å²) in [5, 5.41) is 0. The van der Waals surface area contributed by atoms with Crippen molar-refractivity contribution in [2.75, 3.05) is 0 Å². The first-order chi connectivity index (χ1) is 6.16. The van der Waals surface area contributed by atoms with Crippen molar-refractivity contribution in [2.24, 2.45) is 23.2 Å². The van der Waals surface area contributed by atoms with Crippen molar-refractivity contribution in [1.29, 1.82) is 0 Å². The summed E-state index contributed by atoms with van der Waals surface area (Å²) in [7, 11) is 0. The van der Waals surface area contributed by atoms with Crippen molar-refractivity contribution in [3.8, 4) is 0 Å². The molecule has 0 radical (unpaired) electrons. The lowest BCUT2D eigenvalue weighted by Crippen LogP contribution is -2.34.